The van der Waals surface area contributed by atoms with Crippen LogP contribution in [-0.2, 0) is 11.8 Å². The number of aromatic nitrogens is 2. The lowest BCUT2D eigenvalue weighted by atomic mass is 10.0. The molecular formula is C20H26N4O4S. The molecule has 29 heavy (non-hydrogen) atoms. The smallest absolute Gasteiger partial charge is 0.273 e. The van der Waals surface area contributed by atoms with Gasteiger partial charge in [-0.1, -0.05) is 13.8 Å². The summed E-state index contributed by atoms with van der Waals surface area (Å²) in [7, 11) is 1.61. The Morgan fingerprint density at radius 1 is 1.31 bits per heavy atom. The second kappa shape index (κ2) is 9.32. The number of nitrogens with zero attached hydrogens (tertiary/aromatic N) is 3. The van der Waals surface area contributed by atoms with Gasteiger partial charge in [-0.05, 0) is 24.5 Å². The Morgan fingerprint density at radius 2 is 2.03 bits per heavy atom. The van der Waals surface area contributed by atoms with Gasteiger partial charge in [0.05, 0.1) is 19.3 Å². The highest BCUT2D eigenvalue weighted by Gasteiger charge is 2.25. The maximum absolute atomic E-state index is 12.7. The summed E-state index contributed by atoms with van der Waals surface area (Å²) < 4.78 is 6.66. The summed E-state index contributed by atoms with van der Waals surface area (Å²) in [4.78, 5) is 43.9. The molecule has 2 aromatic heterocycles. The molecule has 8 nitrogen and oxygen atoms in total. The maximum atomic E-state index is 12.7. The van der Waals surface area contributed by atoms with Gasteiger partial charge in [-0.3, -0.25) is 14.4 Å². The van der Waals surface area contributed by atoms with Crippen LogP contribution in [-0.4, -0.2) is 52.6 Å². The van der Waals surface area contributed by atoms with Crippen molar-refractivity contribution in [2.75, 3.05) is 26.3 Å². The van der Waals surface area contributed by atoms with Crippen molar-refractivity contribution in [2.24, 2.45) is 13.0 Å². The molecule has 3 heterocycles. The summed E-state index contributed by atoms with van der Waals surface area (Å²) in [6.07, 6.45) is 2.26. The highest BCUT2D eigenvalue weighted by Crippen LogP contribution is 2.25. The average Bonchev–Trinajstić information content (AvgIpc) is 3.19. The zero-order chi connectivity index (χ0) is 21.0. The molecule has 2 aromatic rings. The number of nitrogens with one attached hydrogen (secondary N) is 1. The number of amides is 2. The number of pyridine rings is 1. The van der Waals surface area contributed by atoms with E-state index in [9.17, 15) is 14.4 Å². The second-order valence-electron chi connectivity index (χ2n) is 7.47. The normalized spacial score (nSPS) is 15.4. The van der Waals surface area contributed by atoms with E-state index in [4.69, 9.17) is 4.74 Å². The largest absolute Gasteiger partial charge is 0.378 e. The van der Waals surface area contributed by atoms with E-state index < -0.39 is 5.91 Å². The standard InChI is InChI=1S/C20H26N4O4S/c1-13(2)11-15(21-17(25)14-5-4-6-23(3)19(14)26)18-22-16(12-29-18)20(27)24-7-9-28-10-8-24/h4-6,12-13,15H,7-11H2,1-3H3,(H,21,25)/t15-/m1/s1. The molecule has 1 N–H and O–H groups in total. The predicted octanol–water partition coefficient (Wildman–Crippen LogP) is 1.83. The molecule has 0 bridgehead atoms. The van der Waals surface area contributed by atoms with E-state index in [0.717, 1.165) is 0 Å². The number of carbonyl (C=O) groups excluding carboxylic acids is 2. The first-order valence-corrected chi connectivity index (χ1v) is 10.5. The third-order valence-electron chi connectivity index (χ3n) is 4.72. The van der Waals surface area contributed by atoms with Gasteiger partial charge in [0.2, 0.25) is 0 Å². The minimum absolute atomic E-state index is 0.0879. The Hall–Kier alpha value is -2.52. The number of hydrogen-bond donors (Lipinski definition) is 1. The van der Waals surface area contributed by atoms with E-state index in [-0.39, 0.29) is 23.1 Å². The van der Waals surface area contributed by atoms with Gasteiger partial charge in [0, 0.05) is 31.7 Å². The van der Waals surface area contributed by atoms with E-state index in [1.54, 1.807) is 29.6 Å². The third-order valence-corrected chi connectivity index (χ3v) is 5.68. The number of carbonyl (C=O) groups is 2. The molecule has 0 radical (unpaired) electrons. The van der Waals surface area contributed by atoms with Gasteiger partial charge in [0.25, 0.3) is 17.4 Å². The summed E-state index contributed by atoms with van der Waals surface area (Å²) in [5.41, 5.74) is 0.117. The zero-order valence-corrected chi connectivity index (χ0v) is 17.7. The molecule has 1 atom stereocenters. The second-order valence-corrected chi connectivity index (χ2v) is 8.36. The summed E-state index contributed by atoms with van der Waals surface area (Å²) in [6.45, 7) is 6.26. The van der Waals surface area contributed by atoms with E-state index >= 15 is 0 Å². The topological polar surface area (TPSA) is 93.5 Å². The van der Waals surface area contributed by atoms with Gasteiger partial charge in [-0.15, -0.1) is 11.3 Å². The van der Waals surface area contributed by atoms with E-state index in [0.29, 0.717) is 49.3 Å². The summed E-state index contributed by atoms with van der Waals surface area (Å²) in [5.74, 6) is -0.267. The Kier molecular flexibility index (Phi) is 6.81. The summed E-state index contributed by atoms with van der Waals surface area (Å²) in [5, 5.41) is 5.33. The lowest BCUT2D eigenvalue weighted by molar-refractivity contribution is 0.0299. The first kappa shape index (κ1) is 21.2. The quantitative estimate of drug-likeness (QED) is 0.773. The molecule has 0 aromatic carbocycles. The molecule has 0 aliphatic carbocycles. The molecule has 156 valence electrons. The first-order valence-electron chi connectivity index (χ1n) is 9.65. The SMILES string of the molecule is CC(C)C[C@@H](NC(=O)c1cccn(C)c1=O)c1nc(C(=O)N2CCOCC2)cs1. The van der Waals surface area contributed by atoms with Gasteiger partial charge in [0.15, 0.2) is 0 Å². The molecule has 3 rings (SSSR count). The monoisotopic (exact) mass is 418 g/mol. The maximum Gasteiger partial charge on any atom is 0.273 e. The van der Waals surface area contributed by atoms with Crippen LogP contribution in [0.2, 0.25) is 0 Å². The van der Waals surface area contributed by atoms with E-state index in [2.05, 4.69) is 10.3 Å². The fourth-order valence-corrected chi connectivity index (χ4v) is 4.03. The van der Waals surface area contributed by atoms with Crippen LogP contribution in [0.1, 0.15) is 52.2 Å². The van der Waals surface area contributed by atoms with Crippen LogP contribution in [0.3, 0.4) is 0 Å². The van der Waals surface area contributed by atoms with Crippen molar-refractivity contribution >= 4 is 23.2 Å². The van der Waals surface area contributed by atoms with Gasteiger partial charge < -0.3 is 19.5 Å². The van der Waals surface area contributed by atoms with Crippen LogP contribution in [0, 0.1) is 5.92 Å². The fraction of sp³-hybridized carbons (Fsp3) is 0.500. The lowest BCUT2D eigenvalue weighted by Gasteiger charge is -2.26. The molecule has 1 saturated heterocycles. The molecule has 9 heteroatoms. The van der Waals surface area contributed by atoms with Crippen LogP contribution < -0.4 is 10.9 Å². The average molecular weight is 419 g/mol. The Balaban J connectivity index is 1.79. The molecule has 1 aliphatic heterocycles. The highest BCUT2D eigenvalue weighted by atomic mass is 32.1. The molecule has 0 spiro atoms. The Bertz CT molecular complexity index is 931. The number of ether oxygens (including phenoxy) is 1. The predicted molar refractivity (Wildman–Crippen MR) is 110 cm³/mol. The summed E-state index contributed by atoms with van der Waals surface area (Å²) in [6, 6.07) is 2.80. The number of aryl methyl sites for hydroxylation is 1. The molecule has 1 fully saturated rings. The van der Waals surface area contributed by atoms with Crippen molar-refractivity contribution in [2.45, 2.75) is 26.3 Å². The van der Waals surface area contributed by atoms with Gasteiger partial charge in [-0.2, -0.15) is 0 Å². The highest BCUT2D eigenvalue weighted by molar-refractivity contribution is 7.09. The number of hydrogen-bond acceptors (Lipinski definition) is 6. The molecule has 1 aliphatic rings. The Morgan fingerprint density at radius 3 is 2.72 bits per heavy atom. The van der Waals surface area contributed by atoms with Crippen molar-refractivity contribution in [3.63, 3.8) is 0 Å². The number of morpholine rings is 1. The van der Waals surface area contributed by atoms with Gasteiger partial charge in [-0.25, -0.2) is 4.98 Å². The summed E-state index contributed by atoms with van der Waals surface area (Å²) >= 11 is 1.35. The van der Waals surface area contributed by atoms with Crippen molar-refractivity contribution in [1.82, 2.24) is 19.8 Å². The fourth-order valence-electron chi connectivity index (χ4n) is 3.17. The van der Waals surface area contributed by atoms with E-state index in [1.807, 2.05) is 13.8 Å². The molecule has 0 unspecified atom stereocenters. The van der Waals surface area contributed by atoms with Crippen molar-refractivity contribution in [3.05, 3.63) is 50.3 Å². The first-order chi connectivity index (χ1) is 13.9. The van der Waals surface area contributed by atoms with E-state index in [1.165, 1.54) is 22.0 Å². The minimum Gasteiger partial charge on any atom is -0.378 e. The van der Waals surface area contributed by atoms with Crippen LogP contribution in [0.15, 0.2) is 28.5 Å². The number of thiazole rings is 1. The van der Waals surface area contributed by atoms with Crippen LogP contribution in [0.25, 0.3) is 0 Å². The lowest BCUT2D eigenvalue weighted by Crippen LogP contribution is -2.40. The number of rotatable bonds is 6. The zero-order valence-electron chi connectivity index (χ0n) is 16.9. The van der Waals surface area contributed by atoms with Crippen LogP contribution in [0.4, 0.5) is 0 Å². The minimum atomic E-state index is -0.437. The van der Waals surface area contributed by atoms with Gasteiger partial charge in [0.1, 0.15) is 16.3 Å². The van der Waals surface area contributed by atoms with Crippen molar-refractivity contribution in [3.8, 4) is 0 Å². The van der Waals surface area contributed by atoms with Gasteiger partial charge >= 0.3 is 0 Å². The third kappa shape index (κ3) is 5.10. The molecule has 0 saturated carbocycles. The Labute approximate surface area is 173 Å². The molecular weight excluding hydrogens is 392 g/mol. The van der Waals surface area contributed by atoms with Crippen molar-refractivity contribution < 1.29 is 14.3 Å². The van der Waals surface area contributed by atoms with Crippen molar-refractivity contribution in [1.29, 1.82) is 0 Å². The van der Waals surface area contributed by atoms with Crippen LogP contribution >= 0.6 is 11.3 Å². The molecule has 2 amide bonds. The van der Waals surface area contributed by atoms with Crippen LogP contribution in [0.5, 0.6) is 0 Å².